The zero-order chi connectivity index (χ0) is 11.7. The van der Waals surface area contributed by atoms with Crippen LogP contribution in [0.25, 0.3) is 21.0 Å². The molecule has 4 heteroatoms. The molecule has 0 aromatic carbocycles. The largest absolute Gasteiger partial charge is 0.397 e. The topological polar surface area (TPSA) is 38.9 Å². The molecule has 3 rings (SSSR count). The highest BCUT2D eigenvalue weighted by molar-refractivity contribution is 7.16. The lowest BCUT2D eigenvalue weighted by Gasteiger charge is -2.01. The molecule has 0 spiro atoms. The molecule has 0 bridgehead atoms. The molecule has 0 unspecified atom stereocenters. The molecule has 2 N–H and O–H groups in total. The fourth-order valence-electron chi connectivity index (χ4n) is 1.67. The van der Waals surface area contributed by atoms with Crippen molar-refractivity contribution in [3.05, 3.63) is 47.3 Å². The summed E-state index contributed by atoms with van der Waals surface area (Å²) in [4.78, 5) is 6.86. The average Bonchev–Trinajstić information content (AvgIpc) is 3.00. The van der Waals surface area contributed by atoms with E-state index in [2.05, 4.69) is 33.9 Å². The third-order valence-electron chi connectivity index (χ3n) is 2.47. The number of nitrogens with zero attached hydrogens (tertiary/aromatic N) is 1. The molecule has 0 radical (unpaired) electrons. The lowest BCUT2D eigenvalue weighted by molar-refractivity contribution is 1.34. The van der Waals surface area contributed by atoms with Crippen LogP contribution < -0.4 is 5.73 Å². The van der Waals surface area contributed by atoms with Gasteiger partial charge in [-0.1, -0.05) is 6.07 Å². The second-order valence-corrected chi connectivity index (χ2v) is 5.48. The third kappa shape index (κ3) is 1.97. The molecule has 3 aromatic rings. The molecule has 0 aliphatic carbocycles. The van der Waals surface area contributed by atoms with E-state index >= 15 is 0 Å². The Kier molecular flexibility index (Phi) is 2.66. The summed E-state index contributed by atoms with van der Waals surface area (Å²) < 4.78 is 0. The second kappa shape index (κ2) is 4.31. The van der Waals surface area contributed by atoms with Gasteiger partial charge in [-0.3, -0.25) is 4.98 Å². The summed E-state index contributed by atoms with van der Waals surface area (Å²) in [6.07, 6.45) is 1.70. The molecule has 0 aliphatic rings. The molecule has 17 heavy (non-hydrogen) atoms. The molecular formula is C13H10N2S2. The number of hydrogen-bond donors (Lipinski definition) is 1. The molecule has 3 heterocycles. The molecule has 0 saturated carbocycles. The fourth-order valence-corrected chi connectivity index (χ4v) is 3.38. The number of hydrogen-bond acceptors (Lipinski definition) is 4. The Balaban J connectivity index is 2.10. The Morgan fingerprint density at radius 2 is 1.94 bits per heavy atom. The highest BCUT2D eigenvalue weighted by Crippen LogP contribution is 2.37. The summed E-state index contributed by atoms with van der Waals surface area (Å²) in [7, 11) is 0. The SMILES string of the molecule is Nc1ccc(-c2sccc2-c2cccs2)nc1. The maximum Gasteiger partial charge on any atom is 0.0809 e. The molecule has 3 aromatic heterocycles. The van der Waals surface area contributed by atoms with Crippen molar-refractivity contribution in [3.8, 4) is 21.0 Å². The van der Waals surface area contributed by atoms with Gasteiger partial charge in [0.1, 0.15) is 0 Å². The summed E-state index contributed by atoms with van der Waals surface area (Å²) in [6, 6.07) is 10.2. The van der Waals surface area contributed by atoms with E-state index in [1.165, 1.54) is 15.3 Å². The second-order valence-electron chi connectivity index (χ2n) is 3.62. The first-order chi connectivity index (χ1) is 8.34. The maximum absolute atomic E-state index is 5.66. The van der Waals surface area contributed by atoms with Crippen molar-refractivity contribution in [1.29, 1.82) is 0 Å². The van der Waals surface area contributed by atoms with Gasteiger partial charge in [0.15, 0.2) is 0 Å². The standard InChI is InChI=1S/C13H10N2S2/c14-9-3-4-11(15-8-9)13-10(5-7-17-13)12-2-1-6-16-12/h1-8H,14H2. The zero-order valence-corrected chi connectivity index (χ0v) is 10.6. The van der Waals surface area contributed by atoms with Gasteiger partial charge in [0, 0.05) is 10.4 Å². The van der Waals surface area contributed by atoms with Crippen LogP contribution in [0.2, 0.25) is 0 Å². The van der Waals surface area contributed by atoms with E-state index < -0.39 is 0 Å². The Labute approximate surface area is 107 Å². The van der Waals surface area contributed by atoms with Crippen LogP contribution in [0, 0.1) is 0 Å². The van der Waals surface area contributed by atoms with Gasteiger partial charge in [-0.15, -0.1) is 22.7 Å². The van der Waals surface area contributed by atoms with Gasteiger partial charge in [0.2, 0.25) is 0 Å². The van der Waals surface area contributed by atoms with Gasteiger partial charge in [-0.05, 0) is 35.0 Å². The number of anilines is 1. The van der Waals surface area contributed by atoms with E-state index in [1.807, 2.05) is 12.1 Å². The van der Waals surface area contributed by atoms with Crippen LogP contribution in [0.3, 0.4) is 0 Å². The Bertz CT molecular complexity index is 609. The van der Waals surface area contributed by atoms with E-state index in [1.54, 1.807) is 28.9 Å². The van der Waals surface area contributed by atoms with Gasteiger partial charge in [0.25, 0.3) is 0 Å². The first kappa shape index (κ1) is 10.5. The van der Waals surface area contributed by atoms with Crippen molar-refractivity contribution in [2.45, 2.75) is 0 Å². The minimum Gasteiger partial charge on any atom is -0.397 e. The summed E-state index contributed by atoms with van der Waals surface area (Å²) >= 11 is 3.46. The van der Waals surface area contributed by atoms with Crippen LogP contribution in [0.1, 0.15) is 0 Å². The number of nitrogen functional groups attached to an aromatic ring is 1. The highest BCUT2D eigenvalue weighted by Gasteiger charge is 2.10. The predicted octanol–water partition coefficient (Wildman–Crippen LogP) is 4.12. The van der Waals surface area contributed by atoms with Crippen LogP contribution in [-0.2, 0) is 0 Å². The highest BCUT2D eigenvalue weighted by atomic mass is 32.1. The lowest BCUT2D eigenvalue weighted by atomic mass is 10.1. The molecule has 0 fully saturated rings. The zero-order valence-electron chi connectivity index (χ0n) is 8.96. The molecule has 0 atom stereocenters. The van der Waals surface area contributed by atoms with E-state index in [4.69, 9.17) is 5.73 Å². The maximum atomic E-state index is 5.66. The fraction of sp³-hybridized carbons (Fsp3) is 0. The van der Waals surface area contributed by atoms with E-state index in [-0.39, 0.29) is 0 Å². The Hall–Kier alpha value is -1.65. The number of nitrogens with two attached hydrogens (primary N) is 1. The molecule has 0 amide bonds. The number of pyridine rings is 1. The summed E-state index contributed by atoms with van der Waals surface area (Å²) in [5.74, 6) is 0. The van der Waals surface area contributed by atoms with E-state index in [0.29, 0.717) is 5.69 Å². The predicted molar refractivity (Wildman–Crippen MR) is 75.3 cm³/mol. The first-order valence-corrected chi connectivity index (χ1v) is 6.94. The van der Waals surface area contributed by atoms with Gasteiger partial charge in [-0.2, -0.15) is 0 Å². The minimum absolute atomic E-state index is 0.697. The first-order valence-electron chi connectivity index (χ1n) is 5.18. The molecule has 84 valence electrons. The number of rotatable bonds is 2. The molecular weight excluding hydrogens is 248 g/mol. The van der Waals surface area contributed by atoms with Crippen molar-refractivity contribution in [2.24, 2.45) is 0 Å². The van der Waals surface area contributed by atoms with Crippen LogP contribution in [0.15, 0.2) is 47.3 Å². The summed E-state index contributed by atoms with van der Waals surface area (Å²) in [5.41, 5.74) is 8.59. The number of thiophene rings is 2. The third-order valence-corrected chi connectivity index (χ3v) is 4.31. The smallest absolute Gasteiger partial charge is 0.0809 e. The monoisotopic (exact) mass is 258 g/mol. The Morgan fingerprint density at radius 1 is 1.00 bits per heavy atom. The van der Waals surface area contributed by atoms with Gasteiger partial charge in [0.05, 0.1) is 22.5 Å². The van der Waals surface area contributed by atoms with Crippen molar-refractivity contribution in [3.63, 3.8) is 0 Å². The van der Waals surface area contributed by atoms with Crippen LogP contribution in [-0.4, -0.2) is 4.98 Å². The number of aromatic nitrogens is 1. The lowest BCUT2D eigenvalue weighted by Crippen LogP contribution is -1.87. The quantitative estimate of drug-likeness (QED) is 0.751. The van der Waals surface area contributed by atoms with Crippen LogP contribution in [0.4, 0.5) is 5.69 Å². The molecule has 0 aliphatic heterocycles. The average molecular weight is 258 g/mol. The van der Waals surface area contributed by atoms with Crippen LogP contribution >= 0.6 is 22.7 Å². The summed E-state index contributed by atoms with van der Waals surface area (Å²) in [6.45, 7) is 0. The van der Waals surface area contributed by atoms with Crippen molar-refractivity contribution in [1.82, 2.24) is 4.98 Å². The minimum atomic E-state index is 0.697. The van der Waals surface area contributed by atoms with Crippen LogP contribution in [0.5, 0.6) is 0 Å². The van der Waals surface area contributed by atoms with Gasteiger partial charge in [-0.25, -0.2) is 0 Å². The van der Waals surface area contributed by atoms with Crippen molar-refractivity contribution >= 4 is 28.4 Å². The van der Waals surface area contributed by atoms with Gasteiger partial charge < -0.3 is 5.73 Å². The normalized spacial score (nSPS) is 10.6. The Morgan fingerprint density at radius 3 is 2.65 bits per heavy atom. The van der Waals surface area contributed by atoms with Gasteiger partial charge >= 0.3 is 0 Å². The van der Waals surface area contributed by atoms with E-state index in [9.17, 15) is 0 Å². The van der Waals surface area contributed by atoms with Crippen molar-refractivity contribution < 1.29 is 0 Å². The van der Waals surface area contributed by atoms with Crippen molar-refractivity contribution in [2.75, 3.05) is 5.73 Å². The molecule has 2 nitrogen and oxygen atoms in total. The molecule has 0 saturated heterocycles. The van der Waals surface area contributed by atoms with E-state index in [0.717, 1.165) is 5.69 Å². The summed E-state index contributed by atoms with van der Waals surface area (Å²) in [5, 5.41) is 4.19.